The lowest BCUT2D eigenvalue weighted by molar-refractivity contribution is -0.140. The first-order chi connectivity index (χ1) is 15.1. The fraction of sp³-hybridized carbons (Fsp3) is 0.840. The maximum Gasteiger partial charge on any atom is 0.233 e. The second-order valence-electron chi connectivity index (χ2n) is 11.1. The zero-order valence-corrected chi connectivity index (χ0v) is 21.9. The molecule has 0 radical (unpaired) electrons. The number of carbonyl (C=O) groups excluding carboxylic acids is 4. The summed E-state index contributed by atoms with van der Waals surface area (Å²) in [5, 5.41) is 5.90. The molecule has 1 unspecified atom stereocenters. The highest BCUT2D eigenvalue weighted by atomic mass is 16.5. The largest absolute Gasteiger partial charge is 0.375 e. The number of imide groups is 1. The van der Waals surface area contributed by atoms with Crippen LogP contribution >= 0.6 is 0 Å². The molecule has 1 fully saturated rings. The molecule has 0 spiro atoms. The number of hydrogen-bond acceptors (Lipinski definition) is 5. The van der Waals surface area contributed by atoms with Crippen LogP contribution in [0.5, 0.6) is 0 Å². The van der Waals surface area contributed by atoms with Gasteiger partial charge in [0.1, 0.15) is 0 Å². The van der Waals surface area contributed by atoms with Crippen molar-refractivity contribution < 1.29 is 23.9 Å². The predicted molar refractivity (Wildman–Crippen MR) is 128 cm³/mol. The molecular weight excluding hydrogens is 422 g/mol. The minimum atomic E-state index is -0.454. The van der Waals surface area contributed by atoms with E-state index in [0.717, 1.165) is 0 Å². The summed E-state index contributed by atoms with van der Waals surface area (Å²) in [6.07, 6.45) is 2.62. The summed E-state index contributed by atoms with van der Waals surface area (Å²) >= 11 is 0. The third-order valence-electron chi connectivity index (χ3n) is 5.97. The molecule has 8 heteroatoms. The summed E-state index contributed by atoms with van der Waals surface area (Å²) in [5.41, 5.74) is -0.888. The normalized spacial score (nSPS) is 17.3. The van der Waals surface area contributed by atoms with E-state index in [1.807, 2.05) is 55.4 Å². The Bertz CT molecular complexity index is 700. The van der Waals surface area contributed by atoms with Gasteiger partial charge in [0, 0.05) is 49.9 Å². The van der Waals surface area contributed by atoms with Gasteiger partial charge in [-0.05, 0) is 66.7 Å². The van der Waals surface area contributed by atoms with Crippen LogP contribution < -0.4 is 10.6 Å². The fourth-order valence-corrected chi connectivity index (χ4v) is 3.83. The molecule has 0 aliphatic carbocycles. The third kappa shape index (κ3) is 10.7. The van der Waals surface area contributed by atoms with Gasteiger partial charge in [0.05, 0.1) is 5.60 Å². The maximum atomic E-state index is 12.4. The minimum Gasteiger partial charge on any atom is -0.375 e. The van der Waals surface area contributed by atoms with Crippen LogP contribution in [0.3, 0.4) is 0 Å². The zero-order valence-electron chi connectivity index (χ0n) is 21.9. The molecule has 0 aromatic rings. The average Bonchev–Trinajstić information content (AvgIpc) is 2.93. The molecule has 0 saturated carbocycles. The number of rotatable bonds is 14. The van der Waals surface area contributed by atoms with Crippen molar-refractivity contribution in [1.82, 2.24) is 15.5 Å². The van der Waals surface area contributed by atoms with Crippen molar-refractivity contribution in [2.24, 2.45) is 11.8 Å². The number of likely N-dealkylation sites (tertiary alicyclic amines) is 1. The SMILES string of the molecule is CC(C)NC(=O)CCC(C)(C)OCCC(C)(C)NC(=O)CCCN1C(=O)CC(C(C)C)C1=O. The van der Waals surface area contributed by atoms with Crippen molar-refractivity contribution in [1.29, 1.82) is 0 Å². The van der Waals surface area contributed by atoms with Crippen molar-refractivity contribution in [3.05, 3.63) is 0 Å². The Morgan fingerprint density at radius 1 is 1.03 bits per heavy atom. The lowest BCUT2D eigenvalue weighted by Crippen LogP contribution is -2.45. The van der Waals surface area contributed by atoms with Gasteiger partial charge in [0.2, 0.25) is 23.6 Å². The number of ether oxygens (including phenoxy) is 1. The maximum absolute atomic E-state index is 12.4. The standard InChI is InChI=1S/C25H45N3O5/c1-17(2)19-16-22(31)28(23(19)32)14-9-10-21(30)27-24(5,6)13-15-33-25(7,8)12-11-20(29)26-18(3)4/h17-19H,9-16H2,1-8H3,(H,26,29)(H,27,30). The first-order valence-corrected chi connectivity index (χ1v) is 12.2. The van der Waals surface area contributed by atoms with E-state index in [-0.39, 0.29) is 60.9 Å². The van der Waals surface area contributed by atoms with Crippen LogP contribution in [0, 0.1) is 11.8 Å². The molecule has 0 aromatic carbocycles. The quantitative estimate of drug-likeness (QED) is 0.382. The first-order valence-electron chi connectivity index (χ1n) is 12.2. The summed E-state index contributed by atoms with van der Waals surface area (Å²) in [6.45, 7) is 16.3. The molecule has 33 heavy (non-hydrogen) atoms. The zero-order chi connectivity index (χ0) is 25.4. The van der Waals surface area contributed by atoms with Gasteiger partial charge in [-0.15, -0.1) is 0 Å². The molecule has 8 nitrogen and oxygen atoms in total. The topological polar surface area (TPSA) is 105 Å². The highest BCUT2D eigenvalue weighted by molar-refractivity contribution is 6.03. The monoisotopic (exact) mass is 467 g/mol. The summed E-state index contributed by atoms with van der Waals surface area (Å²) in [5.74, 6) is -0.437. The van der Waals surface area contributed by atoms with Crippen LogP contribution in [0.2, 0.25) is 0 Å². The average molecular weight is 468 g/mol. The van der Waals surface area contributed by atoms with Gasteiger partial charge in [-0.1, -0.05) is 13.8 Å². The summed E-state index contributed by atoms with van der Waals surface area (Å²) in [6, 6.07) is 0.124. The second kappa shape index (κ2) is 12.5. The molecule has 190 valence electrons. The Kier molecular flexibility index (Phi) is 11.0. The molecule has 2 N–H and O–H groups in total. The van der Waals surface area contributed by atoms with Crippen LogP contribution in [-0.4, -0.2) is 58.9 Å². The second-order valence-corrected chi connectivity index (χ2v) is 11.1. The van der Waals surface area contributed by atoms with Crippen LogP contribution in [0.25, 0.3) is 0 Å². The number of carbonyl (C=O) groups is 4. The van der Waals surface area contributed by atoms with Gasteiger partial charge in [0.25, 0.3) is 0 Å². The van der Waals surface area contributed by atoms with Crippen LogP contribution in [0.4, 0.5) is 0 Å². The van der Waals surface area contributed by atoms with Crippen molar-refractivity contribution >= 4 is 23.6 Å². The highest BCUT2D eigenvalue weighted by Crippen LogP contribution is 2.26. The van der Waals surface area contributed by atoms with Crippen LogP contribution in [-0.2, 0) is 23.9 Å². The summed E-state index contributed by atoms with van der Waals surface area (Å²) in [4.78, 5) is 50.0. The molecule has 1 aliphatic rings. The van der Waals surface area contributed by atoms with E-state index in [9.17, 15) is 19.2 Å². The van der Waals surface area contributed by atoms with E-state index < -0.39 is 11.1 Å². The van der Waals surface area contributed by atoms with Gasteiger partial charge in [0.15, 0.2) is 0 Å². The molecule has 4 amide bonds. The molecule has 1 rings (SSSR count). The molecular formula is C25H45N3O5. The number of amides is 4. The molecule has 1 atom stereocenters. The first kappa shape index (κ1) is 29.1. The fourth-order valence-electron chi connectivity index (χ4n) is 3.83. The number of nitrogens with one attached hydrogen (secondary N) is 2. The summed E-state index contributed by atoms with van der Waals surface area (Å²) in [7, 11) is 0. The highest BCUT2D eigenvalue weighted by Gasteiger charge is 2.39. The Morgan fingerprint density at radius 2 is 1.67 bits per heavy atom. The Hall–Kier alpha value is -1.96. The molecule has 0 bridgehead atoms. The molecule has 0 aromatic heterocycles. The Morgan fingerprint density at radius 3 is 2.21 bits per heavy atom. The number of hydrogen-bond donors (Lipinski definition) is 2. The third-order valence-corrected chi connectivity index (χ3v) is 5.97. The smallest absolute Gasteiger partial charge is 0.233 e. The van der Waals surface area contributed by atoms with E-state index in [2.05, 4.69) is 10.6 Å². The molecule has 1 saturated heterocycles. The lowest BCUT2D eigenvalue weighted by Gasteiger charge is -2.30. The molecule has 1 heterocycles. The minimum absolute atomic E-state index is 0.0197. The van der Waals surface area contributed by atoms with E-state index in [0.29, 0.717) is 32.3 Å². The van der Waals surface area contributed by atoms with Gasteiger partial charge < -0.3 is 15.4 Å². The Balaban J connectivity index is 2.34. The van der Waals surface area contributed by atoms with Gasteiger partial charge in [-0.3, -0.25) is 24.1 Å². The van der Waals surface area contributed by atoms with E-state index in [1.54, 1.807) is 0 Å². The summed E-state index contributed by atoms with van der Waals surface area (Å²) < 4.78 is 5.99. The van der Waals surface area contributed by atoms with Crippen LogP contribution in [0.1, 0.15) is 93.9 Å². The van der Waals surface area contributed by atoms with Gasteiger partial charge in [-0.2, -0.15) is 0 Å². The van der Waals surface area contributed by atoms with Gasteiger partial charge >= 0.3 is 0 Å². The molecule has 1 aliphatic heterocycles. The van der Waals surface area contributed by atoms with Crippen molar-refractivity contribution in [3.63, 3.8) is 0 Å². The van der Waals surface area contributed by atoms with E-state index >= 15 is 0 Å². The number of nitrogens with zero attached hydrogens (tertiary/aromatic N) is 1. The van der Waals surface area contributed by atoms with E-state index in [1.165, 1.54) is 4.90 Å². The van der Waals surface area contributed by atoms with E-state index in [4.69, 9.17) is 4.74 Å². The predicted octanol–water partition coefficient (Wildman–Crippen LogP) is 3.18. The van der Waals surface area contributed by atoms with Crippen molar-refractivity contribution in [3.8, 4) is 0 Å². The van der Waals surface area contributed by atoms with Crippen molar-refractivity contribution in [2.45, 2.75) is 111 Å². The van der Waals surface area contributed by atoms with Gasteiger partial charge in [-0.25, -0.2) is 0 Å². The lowest BCUT2D eigenvalue weighted by atomic mass is 9.94. The van der Waals surface area contributed by atoms with Crippen LogP contribution in [0.15, 0.2) is 0 Å². The van der Waals surface area contributed by atoms with Crippen molar-refractivity contribution in [2.75, 3.05) is 13.2 Å². The Labute approximate surface area is 199 Å².